The summed E-state index contributed by atoms with van der Waals surface area (Å²) in [6.07, 6.45) is 4.13. The maximum absolute atomic E-state index is 11.9. The monoisotopic (exact) mass is 378 g/mol. The Balaban J connectivity index is 0.000000161. The molecule has 0 saturated heterocycles. The van der Waals surface area contributed by atoms with E-state index in [0.29, 0.717) is 11.4 Å². The summed E-state index contributed by atoms with van der Waals surface area (Å²) in [7, 11) is 0. The molecule has 0 unspecified atom stereocenters. The molecule has 0 heterocycles. The molecule has 0 atom stereocenters. The van der Waals surface area contributed by atoms with E-state index in [4.69, 9.17) is 11.5 Å². The summed E-state index contributed by atoms with van der Waals surface area (Å²) in [5, 5.41) is 0. The first-order valence-corrected chi connectivity index (χ1v) is 10.0. The highest BCUT2D eigenvalue weighted by Gasteiger charge is 2.32. The fourth-order valence-corrected chi connectivity index (χ4v) is 3.50. The number of nitrogen functional groups attached to an aromatic ring is 2. The zero-order valence-corrected chi connectivity index (χ0v) is 17.3. The molecule has 0 radical (unpaired) electrons. The lowest BCUT2D eigenvalue weighted by Crippen LogP contribution is -2.07. The lowest BCUT2D eigenvalue weighted by atomic mass is 9.99. The highest BCUT2D eigenvalue weighted by atomic mass is 16.1. The first kappa shape index (κ1) is 20.1. The van der Waals surface area contributed by atoms with Crippen LogP contribution in [0, 0.1) is 39.5 Å². The number of aryl methyl sites for hydroxylation is 4. The first-order chi connectivity index (χ1) is 13.2. The summed E-state index contributed by atoms with van der Waals surface area (Å²) in [5.41, 5.74) is 18.8. The van der Waals surface area contributed by atoms with Crippen molar-refractivity contribution in [3.63, 3.8) is 0 Å². The van der Waals surface area contributed by atoms with E-state index in [2.05, 4.69) is 0 Å². The quantitative estimate of drug-likeness (QED) is 0.582. The average Bonchev–Trinajstić information content (AvgIpc) is 3.53. The van der Waals surface area contributed by atoms with Gasteiger partial charge in [-0.3, -0.25) is 9.59 Å². The van der Waals surface area contributed by atoms with Crippen molar-refractivity contribution in [2.24, 2.45) is 11.8 Å². The van der Waals surface area contributed by atoms with Crippen molar-refractivity contribution in [2.75, 3.05) is 11.5 Å². The molecule has 4 N–H and O–H groups in total. The summed E-state index contributed by atoms with van der Waals surface area (Å²) in [6.45, 7) is 7.89. The minimum Gasteiger partial charge on any atom is -0.398 e. The predicted molar refractivity (Wildman–Crippen MR) is 115 cm³/mol. The van der Waals surface area contributed by atoms with Gasteiger partial charge in [-0.15, -0.1) is 0 Å². The van der Waals surface area contributed by atoms with Crippen molar-refractivity contribution >= 4 is 22.9 Å². The molecule has 0 aromatic heterocycles. The van der Waals surface area contributed by atoms with Gasteiger partial charge in [0, 0.05) is 34.3 Å². The highest BCUT2D eigenvalue weighted by Crippen LogP contribution is 2.36. The zero-order chi connectivity index (χ0) is 20.6. The second-order valence-corrected chi connectivity index (χ2v) is 8.36. The summed E-state index contributed by atoms with van der Waals surface area (Å²) in [4.78, 5) is 23.7. The number of benzene rings is 2. The van der Waals surface area contributed by atoms with E-state index in [1.807, 2.05) is 52.0 Å². The third-order valence-electron chi connectivity index (χ3n) is 5.49. The molecule has 2 aliphatic rings. The molecule has 2 aromatic rings. The summed E-state index contributed by atoms with van der Waals surface area (Å²) in [6, 6.07) is 7.84. The largest absolute Gasteiger partial charge is 0.398 e. The molecule has 2 fully saturated rings. The fourth-order valence-electron chi connectivity index (χ4n) is 3.50. The number of hydrogen-bond acceptors (Lipinski definition) is 4. The van der Waals surface area contributed by atoms with Gasteiger partial charge in [-0.05, 0) is 87.8 Å². The van der Waals surface area contributed by atoms with Crippen LogP contribution in [0.3, 0.4) is 0 Å². The van der Waals surface area contributed by atoms with Crippen LogP contribution < -0.4 is 11.5 Å². The van der Waals surface area contributed by atoms with Gasteiger partial charge in [0.05, 0.1) is 0 Å². The van der Waals surface area contributed by atoms with E-state index in [1.165, 1.54) is 0 Å². The van der Waals surface area contributed by atoms with Gasteiger partial charge in [-0.2, -0.15) is 0 Å². The minimum atomic E-state index is 0.231. The average molecular weight is 379 g/mol. The zero-order valence-electron chi connectivity index (χ0n) is 17.3. The molecule has 0 spiro atoms. The van der Waals surface area contributed by atoms with Crippen LogP contribution in [0.5, 0.6) is 0 Å². The Labute approximate surface area is 167 Å². The molecular formula is C24H30N2O2. The van der Waals surface area contributed by atoms with Crippen LogP contribution in [0.15, 0.2) is 24.3 Å². The van der Waals surface area contributed by atoms with Gasteiger partial charge in [0.15, 0.2) is 11.6 Å². The van der Waals surface area contributed by atoms with Crippen molar-refractivity contribution in [3.05, 3.63) is 57.6 Å². The van der Waals surface area contributed by atoms with E-state index in [0.717, 1.165) is 59.1 Å². The van der Waals surface area contributed by atoms with Gasteiger partial charge in [-0.25, -0.2) is 0 Å². The SMILES string of the molecule is Cc1cc(C)c(N)c(C(=O)C2CC2)c1.Cc1cc(C)c(N)c(C(=O)C2CC2)c1. The van der Waals surface area contributed by atoms with Crippen molar-refractivity contribution in [1.29, 1.82) is 0 Å². The second kappa shape index (κ2) is 7.78. The maximum Gasteiger partial charge on any atom is 0.168 e. The summed E-state index contributed by atoms with van der Waals surface area (Å²) < 4.78 is 0. The van der Waals surface area contributed by atoms with Crippen LogP contribution in [0.2, 0.25) is 0 Å². The van der Waals surface area contributed by atoms with Crippen LogP contribution in [0.1, 0.15) is 68.7 Å². The van der Waals surface area contributed by atoms with Crippen LogP contribution in [0.4, 0.5) is 11.4 Å². The Morgan fingerprint density at radius 3 is 1.29 bits per heavy atom. The number of hydrogen-bond donors (Lipinski definition) is 2. The molecule has 148 valence electrons. The Morgan fingerprint density at radius 1 is 0.679 bits per heavy atom. The number of carbonyl (C=O) groups is 2. The number of Topliss-reactive ketones (excluding diaryl/α,β-unsaturated/α-hetero) is 2. The molecule has 0 bridgehead atoms. The Kier molecular flexibility index (Phi) is 5.59. The van der Waals surface area contributed by atoms with Crippen LogP contribution in [-0.2, 0) is 0 Å². The van der Waals surface area contributed by atoms with Gasteiger partial charge in [0.2, 0.25) is 0 Å². The third kappa shape index (κ3) is 4.44. The lowest BCUT2D eigenvalue weighted by molar-refractivity contribution is 0.0960. The van der Waals surface area contributed by atoms with E-state index < -0.39 is 0 Å². The smallest absolute Gasteiger partial charge is 0.168 e. The topological polar surface area (TPSA) is 86.2 Å². The van der Waals surface area contributed by atoms with Gasteiger partial charge >= 0.3 is 0 Å². The van der Waals surface area contributed by atoms with Crippen LogP contribution in [0.25, 0.3) is 0 Å². The highest BCUT2D eigenvalue weighted by molar-refractivity contribution is 6.04. The van der Waals surface area contributed by atoms with Crippen molar-refractivity contribution < 1.29 is 9.59 Å². The molecule has 2 saturated carbocycles. The third-order valence-corrected chi connectivity index (χ3v) is 5.49. The lowest BCUT2D eigenvalue weighted by Gasteiger charge is -2.08. The normalized spacial score (nSPS) is 15.6. The van der Waals surface area contributed by atoms with E-state index in [9.17, 15) is 9.59 Å². The Morgan fingerprint density at radius 2 is 1.00 bits per heavy atom. The van der Waals surface area contributed by atoms with Gasteiger partial charge in [0.1, 0.15) is 0 Å². The maximum atomic E-state index is 11.9. The van der Waals surface area contributed by atoms with Crippen molar-refractivity contribution in [3.8, 4) is 0 Å². The predicted octanol–water partition coefficient (Wildman–Crippen LogP) is 4.96. The number of anilines is 2. The molecule has 2 aromatic carbocycles. The standard InChI is InChI=1S/2C12H15NO/c2*1-7-5-8(2)11(13)10(6-7)12(14)9-3-4-9/h2*5-6,9H,3-4,13H2,1-2H3. The first-order valence-electron chi connectivity index (χ1n) is 10.0. The van der Waals surface area contributed by atoms with Crippen LogP contribution in [-0.4, -0.2) is 11.6 Å². The number of ketones is 2. The molecule has 2 aliphatic carbocycles. The van der Waals surface area contributed by atoms with Gasteiger partial charge < -0.3 is 11.5 Å². The molecule has 4 rings (SSSR count). The molecule has 4 heteroatoms. The fraction of sp³-hybridized carbons (Fsp3) is 0.417. The van der Waals surface area contributed by atoms with Crippen LogP contribution >= 0.6 is 0 Å². The van der Waals surface area contributed by atoms with Gasteiger partial charge in [0.25, 0.3) is 0 Å². The summed E-state index contributed by atoms with van der Waals surface area (Å²) >= 11 is 0. The summed E-state index contributed by atoms with van der Waals surface area (Å²) in [5.74, 6) is 0.959. The number of nitrogens with two attached hydrogens (primary N) is 2. The van der Waals surface area contributed by atoms with Crippen molar-refractivity contribution in [1.82, 2.24) is 0 Å². The molecule has 4 nitrogen and oxygen atoms in total. The van der Waals surface area contributed by atoms with Gasteiger partial charge in [-0.1, -0.05) is 12.1 Å². The number of rotatable bonds is 4. The molecular weight excluding hydrogens is 348 g/mol. The Bertz CT molecular complexity index is 861. The van der Waals surface area contributed by atoms with E-state index in [1.54, 1.807) is 0 Å². The van der Waals surface area contributed by atoms with E-state index >= 15 is 0 Å². The second-order valence-electron chi connectivity index (χ2n) is 8.36. The molecule has 0 amide bonds. The van der Waals surface area contributed by atoms with E-state index in [-0.39, 0.29) is 23.4 Å². The number of carbonyl (C=O) groups excluding carboxylic acids is 2. The van der Waals surface area contributed by atoms with Crippen molar-refractivity contribution in [2.45, 2.75) is 53.4 Å². The minimum absolute atomic E-state index is 0.231. The molecule has 0 aliphatic heterocycles. The molecule has 28 heavy (non-hydrogen) atoms. The Hall–Kier alpha value is -2.62.